The number of rotatable bonds is 9. The Hall–Kier alpha value is -1.81. The van der Waals surface area contributed by atoms with Crippen LogP contribution < -0.4 is 20.7 Å². The van der Waals surface area contributed by atoms with Crippen LogP contribution in [0.15, 0.2) is 41.4 Å². The van der Waals surface area contributed by atoms with E-state index in [0.29, 0.717) is 18.8 Å². The summed E-state index contributed by atoms with van der Waals surface area (Å²) < 4.78 is 5.53. The van der Waals surface area contributed by atoms with Gasteiger partial charge in [-0.3, -0.25) is 4.79 Å². The van der Waals surface area contributed by atoms with Crippen molar-refractivity contribution in [1.82, 2.24) is 16.0 Å². The van der Waals surface area contributed by atoms with Crippen molar-refractivity contribution >= 4 is 47.2 Å². The van der Waals surface area contributed by atoms with Crippen molar-refractivity contribution in [3.05, 3.63) is 51.7 Å². The summed E-state index contributed by atoms with van der Waals surface area (Å²) in [5, 5.41) is 9.32. The number of carbonyl (C=O) groups excluding carboxylic acids is 1. The first kappa shape index (κ1) is 24.2. The molecule has 0 aliphatic carbocycles. The number of ether oxygens (including phenoxy) is 1. The fourth-order valence-corrected chi connectivity index (χ4v) is 3.22. The zero-order valence-corrected chi connectivity index (χ0v) is 19.7. The molecular weight excluding hydrogens is 487 g/mol. The Morgan fingerprint density at radius 1 is 1.11 bits per heavy atom. The number of hydrogen-bond acceptors (Lipinski definition) is 4. The van der Waals surface area contributed by atoms with Crippen molar-refractivity contribution in [3.63, 3.8) is 0 Å². The van der Waals surface area contributed by atoms with Crippen LogP contribution in [-0.2, 0) is 17.9 Å². The van der Waals surface area contributed by atoms with Gasteiger partial charge in [-0.2, -0.15) is 0 Å². The Morgan fingerprint density at radius 3 is 2.57 bits per heavy atom. The van der Waals surface area contributed by atoms with E-state index in [4.69, 9.17) is 4.74 Å². The minimum absolute atomic E-state index is 0. The van der Waals surface area contributed by atoms with Gasteiger partial charge in [0, 0.05) is 22.8 Å². The molecule has 6 nitrogen and oxygen atoms in total. The van der Waals surface area contributed by atoms with E-state index in [-0.39, 0.29) is 36.5 Å². The molecule has 0 bridgehead atoms. The molecule has 1 heterocycles. The Kier molecular flexibility index (Phi) is 11.6. The number of hydrogen-bond donors (Lipinski definition) is 3. The first-order valence-electron chi connectivity index (χ1n) is 9.16. The molecule has 1 aromatic carbocycles. The molecule has 2 aromatic rings. The second kappa shape index (κ2) is 13.4. The number of thiophene rings is 1. The minimum Gasteiger partial charge on any atom is -0.484 e. The summed E-state index contributed by atoms with van der Waals surface area (Å²) in [4.78, 5) is 18.7. The number of aliphatic imine (C=N–C) groups is 1. The summed E-state index contributed by atoms with van der Waals surface area (Å²) in [5.41, 5.74) is 1.02. The highest BCUT2D eigenvalue weighted by atomic mass is 127. The Labute approximate surface area is 188 Å². The minimum atomic E-state index is -0.122. The number of carbonyl (C=O) groups is 1. The van der Waals surface area contributed by atoms with Crippen molar-refractivity contribution in [2.45, 2.75) is 33.9 Å². The van der Waals surface area contributed by atoms with Gasteiger partial charge in [-0.1, -0.05) is 12.1 Å². The van der Waals surface area contributed by atoms with E-state index >= 15 is 0 Å². The third-order valence-corrected chi connectivity index (χ3v) is 4.63. The summed E-state index contributed by atoms with van der Waals surface area (Å²) >= 11 is 1.78. The molecule has 8 heteroatoms. The highest BCUT2D eigenvalue weighted by Crippen LogP contribution is 2.15. The Bertz CT molecular complexity index is 764. The maximum atomic E-state index is 11.5. The van der Waals surface area contributed by atoms with Crippen LogP contribution in [-0.4, -0.2) is 31.6 Å². The third-order valence-electron chi connectivity index (χ3n) is 3.63. The number of likely N-dealkylation sites (N-methyl/N-ethyl adjacent to an activating group) is 1. The van der Waals surface area contributed by atoms with E-state index in [0.717, 1.165) is 24.6 Å². The van der Waals surface area contributed by atoms with Gasteiger partial charge in [0.2, 0.25) is 0 Å². The summed E-state index contributed by atoms with van der Waals surface area (Å²) in [6.07, 6.45) is 0. The maximum absolute atomic E-state index is 11.5. The number of benzene rings is 1. The summed E-state index contributed by atoms with van der Waals surface area (Å²) in [7, 11) is 0. The Morgan fingerprint density at radius 2 is 1.89 bits per heavy atom. The van der Waals surface area contributed by atoms with Crippen LogP contribution >= 0.6 is 35.3 Å². The molecule has 28 heavy (non-hydrogen) atoms. The average Bonchev–Trinajstić information content (AvgIpc) is 3.08. The lowest BCUT2D eigenvalue weighted by molar-refractivity contribution is -0.122. The van der Waals surface area contributed by atoms with Crippen molar-refractivity contribution in [3.8, 4) is 5.75 Å². The highest BCUT2D eigenvalue weighted by molar-refractivity contribution is 14.0. The number of aryl methyl sites for hydroxylation is 1. The van der Waals surface area contributed by atoms with Crippen LogP contribution in [0.1, 0.15) is 29.2 Å². The lowest BCUT2D eigenvalue weighted by atomic mass is 10.2. The zero-order valence-electron chi connectivity index (χ0n) is 16.6. The summed E-state index contributed by atoms with van der Waals surface area (Å²) in [6, 6.07) is 11.9. The molecule has 1 amide bonds. The molecule has 2 rings (SSSR count). The average molecular weight is 516 g/mol. The van der Waals surface area contributed by atoms with E-state index in [1.54, 1.807) is 11.3 Å². The molecule has 0 aliphatic rings. The maximum Gasteiger partial charge on any atom is 0.257 e. The molecule has 154 valence electrons. The molecule has 0 spiro atoms. The van der Waals surface area contributed by atoms with Gasteiger partial charge in [-0.25, -0.2) is 4.99 Å². The number of halogens is 1. The molecular formula is C20H29IN4O2S. The van der Waals surface area contributed by atoms with Crippen LogP contribution in [0.2, 0.25) is 0 Å². The second-order valence-corrected chi connectivity index (χ2v) is 7.32. The van der Waals surface area contributed by atoms with Gasteiger partial charge >= 0.3 is 0 Å². The molecule has 0 radical (unpaired) electrons. The van der Waals surface area contributed by atoms with Crippen LogP contribution in [0.25, 0.3) is 0 Å². The predicted molar refractivity (Wildman–Crippen MR) is 127 cm³/mol. The first-order valence-corrected chi connectivity index (χ1v) is 9.98. The van der Waals surface area contributed by atoms with Crippen LogP contribution in [0.5, 0.6) is 5.75 Å². The molecule has 0 fully saturated rings. The number of amides is 1. The van der Waals surface area contributed by atoms with E-state index in [9.17, 15) is 4.79 Å². The molecule has 3 N–H and O–H groups in total. The highest BCUT2D eigenvalue weighted by Gasteiger charge is 2.03. The first-order chi connectivity index (χ1) is 13.1. The van der Waals surface area contributed by atoms with Crippen LogP contribution in [0, 0.1) is 6.92 Å². The van der Waals surface area contributed by atoms with Crippen LogP contribution in [0.4, 0.5) is 0 Å². The third kappa shape index (κ3) is 8.92. The van der Waals surface area contributed by atoms with Gasteiger partial charge in [0.05, 0.1) is 13.1 Å². The summed E-state index contributed by atoms with van der Waals surface area (Å²) in [5.74, 6) is 1.32. The topological polar surface area (TPSA) is 74.8 Å². The fraction of sp³-hybridized carbons (Fsp3) is 0.400. The zero-order chi connectivity index (χ0) is 19.5. The van der Waals surface area contributed by atoms with Crippen molar-refractivity contribution in [1.29, 1.82) is 0 Å². The van der Waals surface area contributed by atoms with Gasteiger partial charge in [0.1, 0.15) is 5.75 Å². The smallest absolute Gasteiger partial charge is 0.257 e. The lowest BCUT2D eigenvalue weighted by Crippen LogP contribution is -2.36. The van der Waals surface area contributed by atoms with Gasteiger partial charge in [-0.15, -0.1) is 35.3 Å². The van der Waals surface area contributed by atoms with Crippen molar-refractivity contribution in [2.24, 2.45) is 4.99 Å². The van der Waals surface area contributed by atoms with E-state index < -0.39 is 0 Å². The van der Waals surface area contributed by atoms with Gasteiger partial charge < -0.3 is 20.7 Å². The molecule has 0 unspecified atom stereocenters. The largest absolute Gasteiger partial charge is 0.484 e. The van der Waals surface area contributed by atoms with E-state index in [1.165, 1.54) is 9.75 Å². The fourth-order valence-electron chi connectivity index (χ4n) is 2.39. The van der Waals surface area contributed by atoms with Gasteiger partial charge in [0.15, 0.2) is 12.6 Å². The molecule has 0 saturated heterocycles. The van der Waals surface area contributed by atoms with Crippen molar-refractivity contribution in [2.75, 3.05) is 19.7 Å². The quantitative estimate of drug-likeness (QED) is 0.271. The summed E-state index contributed by atoms with van der Waals surface area (Å²) in [6.45, 7) is 8.72. The second-order valence-electron chi connectivity index (χ2n) is 5.95. The van der Waals surface area contributed by atoms with Gasteiger partial charge in [-0.05, 0) is 50.6 Å². The SMILES string of the molecule is CCNC(=O)COc1cccc(CN=C(NCC)NCc2ccc(C)s2)c1.I. The monoisotopic (exact) mass is 516 g/mol. The lowest BCUT2D eigenvalue weighted by Gasteiger charge is -2.11. The number of nitrogens with one attached hydrogen (secondary N) is 3. The number of nitrogens with zero attached hydrogens (tertiary/aromatic N) is 1. The standard InChI is InChI=1S/C20H28N4O2S.HI/c1-4-21-19(25)14-26-17-8-6-7-16(11-17)12-23-20(22-5-2)24-13-18-10-9-15(3)27-18;/h6-11H,4-5,12-14H2,1-3H3,(H,21,25)(H2,22,23,24);1H. The van der Waals surface area contributed by atoms with Crippen LogP contribution in [0.3, 0.4) is 0 Å². The normalized spacial score (nSPS) is 10.8. The van der Waals surface area contributed by atoms with Crippen molar-refractivity contribution < 1.29 is 9.53 Å². The Balaban J connectivity index is 0.00000392. The molecule has 0 aliphatic heterocycles. The van der Waals surface area contributed by atoms with E-state index in [2.05, 4.69) is 40.0 Å². The van der Waals surface area contributed by atoms with E-state index in [1.807, 2.05) is 38.1 Å². The molecule has 0 atom stereocenters. The predicted octanol–water partition coefficient (Wildman–Crippen LogP) is 3.44. The molecule has 0 saturated carbocycles. The van der Waals surface area contributed by atoms with Gasteiger partial charge in [0.25, 0.3) is 5.91 Å². The number of guanidine groups is 1. The molecule has 1 aromatic heterocycles.